The summed E-state index contributed by atoms with van der Waals surface area (Å²) in [6.07, 6.45) is 9.65. The van der Waals surface area contributed by atoms with E-state index in [1.165, 1.54) is 58.0 Å². The molecule has 1 unspecified atom stereocenters. The molecule has 1 atom stereocenters. The fourth-order valence-electron chi connectivity index (χ4n) is 3.45. The normalized spacial score (nSPS) is 20.9. The topological polar surface area (TPSA) is 24.5 Å². The molecule has 120 valence electrons. The van der Waals surface area contributed by atoms with Gasteiger partial charge in [-0.15, -0.1) is 0 Å². The van der Waals surface area contributed by atoms with Crippen LogP contribution in [0.15, 0.2) is 0 Å². The third-order valence-corrected chi connectivity index (χ3v) is 4.84. The summed E-state index contributed by atoms with van der Waals surface area (Å²) in [5, 5.41) is 3.69. The lowest BCUT2D eigenvalue weighted by Gasteiger charge is -2.39. The van der Waals surface area contributed by atoms with Crippen molar-refractivity contribution in [3.63, 3.8) is 0 Å². The van der Waals surface area contributed by atoms with Crippen molar-refractivity contribution in [3.05, 3.63) is 0 Å². The number of likely N-dealkylation sites (N-methyl/N-ethyl adjacent to an activating group) is 1. The highest BCUT2D eigenvalue weighted by Crippen LogP contribution is 2.35. The maximum absolute atomic E-state index is 5.31. The zero-order chi connectivity index (χ0) is 14.8. The molecule has 1 aliphatic carbocycles. The summed E-state index contributed by atoms with van der Waals surface area (Å²) in [7, 11) is 4.06. The Morgan fingerprint density at radius 2 is 1.85 bits per heavy atom. The number of hydrogen-bond acceptors (Lipinski definition) is 3. The van der Waals surface area contributed by atoms with E-state index in [9.17, 15) is 0 Å². The van der Waals surface area contributed by atoms with E-state index in [2.05, 4.69) is 31.1 Å². The summed E-state index contributed by atoms with van der Waals surface area (Å²) in [4.78, 5) is 2.50. The minimum Gasteiger partial charge on any atom is -0.383 e. The molecule has 20 heavy (non-hydrogen) atoms. The predicted octanol–water partition coefficient (Wildman–Crippen LogP) is 3.29. The van der Waals surface area contributed by atoms with E-state index in [1.807, 2.05) is 0 Å². The quantitative estimate of drug-likeness (QED) is 0.519. The van der Waals surface area contributed by atoms with Crippen molar-refractivity contribution in [3.8, 4) is 0 Å². The van der Waals surface area contributed by atoms with E-state index in [-0.39, 0.29) is 0 Å². The van der Waals surface area contributed by atoms with E-state index in [0.717, 1.165) is 13.2 Å². The van der Waals surface area contributed by atoms with Crippen LogP contribution in [0.3, 0.4) is 0 Å². The van der Waals surface area contributed by atoms with Gasteiger partial charge in [-0.1, -0.05) is 32.6 Å². The number of nitrogens with zero attached hydrogens (tertiary/aromatic N) is 1. The van der Waals surface area contributed by atoms with Gasteiger partial charge in [-0.2, -0.15) is 0 Å². The van der Waals surface area contributed by atoms with Gasteiger partial charge in [0.25, 0.3) is 0 Å². The zero-order valence-corrected chi connectivity index (χ0v) is 14.2. The van der Waals surface area contributed by atoms with Crippen molar-refractivity contribution in [2.45, 2.75) is 64.8 Å². The molecule has 1 saturated carbocycles. The van der Waals surface area contributed by atoms with Gasteiger partial charge in [-0.3, -0.25) is 0 Å². The lowest BCUT2D eigenvalue weighted by atomic mass is 9.79. The Kier molecular flexibility index (Phi) is 8.74. The average Bonchev–Trinajstić information content (AvgIpc) is 2.65. The zero-order valence-electron chi connectivity index (χ0n) is 14.2. The standard InChI is InChI=1S/C17H36N2O/c1-5-12-18-14-17(10-8-6-7-9-11-17)15-19(3)16(2)13-20-4/h16,18H,5-15H2,1-4H3. The van der Waals surface area contributed by atoms with E-state index in [0.29, 0.717) is 11.5 Å². The van der Waals surface area contributed by atoms with Crippen LogP contribution in [0.25, 0.3) is 0 Å². The lowest BCUT2D eigenvalue weighted by molar-refractivity contribution is 0.0724. The molecular weight excluding hydrogens is 248 g/mol. The van der Waals surface area contributed by atoms with Gasteiger partial charge in [0.15, 0.2) is 0 Å². The summed E-state index contributed by atoms with van der Waals surface area (Å²) >= 11 is 0. The van der Waals surface area contributed by atoms with Crippen molar-refractivity contribution in [1.82, 2.24) is 10.2 Å². The second-order valence-corrected chi connectivity index (χ2v) is 6.81. The molecule has 0 aromatic rings. The fourth-order valence-corrected chi connectivity index (χ4v) is 3.45. The molecule has 3 heteroatoms. The molecule has 0 aliphatic heterocycles. The highest BCUT2D eigenvalue weighted by atomic mass is 16.5. The SMILES string of the molecule is CCCNCC1(CN(C)C(C)COC)CCCCCC1. The van der Waals surface area contributed by atoms with Crippen LogP contribution in [0.5, 0.6) is 0 Å². The summed E-state index contributed by atoms with van der Waals surface area (Å²) in [6.45, 7) is 8.89. The van der Waals surface area contributed by atoms with Gasteiger partial charge in [0.05, 0.1) is 6.61 Å². The Morgan fingerprint density at radius 3 is 2.40 bits per heavy atom. The fraction of sp³-hybridized carbons (Fsp3) is 1.00. The van der Waals surface area contributed by atoms with Crippen LogP contribution in [0.1, 0.15) is 58.8 Å². The van der Waals surface area contributed by atoms with Crippen LogP contribution < -0.4 is 5.32 Å². The van der Waals surface area contributed by atoms with Crippen molar-refractivity contribution < 1.29 is 4.74 Å². The van der Waals surface area contributed by atoms with Crippen LogP contribution in [0.2, 0.25) is 0 Å². The lowest BCUT2D eigenvalue weighted by Crippen LogP contribution is -2.46. The molecule has 0 aromatic heterocycles. The molecule has 0 amide bonds. The van der Waals surface area contributed by atoms with E-state index in [4.69, 9.17) is 4.74 Å². The van der Waals surface area contributed by atoms with Crippen LogP contribution in [-0.4, -0.2) is 51.3 Å². The van der Waals surface area contributed by atoms with Gasteiger partial charge in [-0.25, -0.2) is 0 Å². The third-order valence-electron chi connectivity index (χ3n) is 4.84. The number of rotatable bonds is 9. The molecule has 0 spiro atoms. The molecule has 1 N–H and O–H groups in total. The Balaban J connectivity index is 2.60. The third kappa shape index (κ3) is 6.11. The minimum absolute atomic E-state index is 0.475. The van der Waals surface area contributed by atoms with Crippen LogP contribution in [0, 0.1) is 5.41 Å². The highest BCUT2D eigenvalue weighted by molar-refractivity contribution is 4.87. The first-order valence-corrected chi connectivity index (χ1v) is 8.53. The van der Waals surface area contributed by atoms with E-state index < -0.39 is 0 Å². The van der Waals surface area contributed by atoms with Crippen LogP contribution >= 0.6 is 0 Å². The van der Waals surface area contributed by atoms with Gasteiger partial charge >= 0.3 is 0 Å². The Bertz CT molecular complexity index is 237. The van der Waals surface area contributed by atoms with Gasteiger partial charge in [0, 0.05) is 26.2 Å². The van der Waals surface area contributed by atoms with Crippen LogP contribution in [0.4, 0.5) is 0 Å². The first kappa shape index (κ1) is 17.9. The van der Waals surface area contributed by atoms with Crippen molar-refractivity contribution in [1.29, 1.82) is 0 Å². The summed E-state index contributed by atoms with van der Waals surface area (Å²) < 4.78 is 5.31. The number of methoxy groups -OCH3 is 1. The van der Waals surface area contributed by atoms with Gasteiger partial charge in [0.2, 0.25) is 0 Å². The smallest absolute Gasteiger partial charge is 0.0615 e. The number of ether oxygens (including phenoxy) is 1. The Hall–Kier alpha value is -0.120. The van der Waals surface area contributed by atoms with Crippen LogP contribution in [-0.2, 0) is 4.74 Å². The predicted molar refractivity (Wildman–Crippen MR) is 87.3 cm³/mol. The first-order chi connectivity index (χ1) is 9.63. The minimum atomic E-state index is 0.475. The van der Waals surface area contributed by atoms with Gasteiger partial charge < -0.3 is 15.0 Å². The summed E-state index contributed by atoms with van der Waals surface area (Å²) in [6, 6.07) is 0.506. The Labute approximate surface area is 126 Å². The van der Waals surface area contributed by atoms with Crippen molar-refractivity contribution in [2.24, 2.45) is 5.41 Å². The second-order valence-electron chi connectivity index (χ2n) is 6.81. The molecule has 3 nitrogen and oxygen atoms in total. The number of hydrogen-bond donors (Lipinski definition) is 1. The maximum Gasteiger partial charge on any atom is 0.0615 e. The summed E-state index contributed by atoms with van der Waals surface area (Å²) in [5.74, 6) is 0. The average molecular weight is 284 g/mol. The maximum atomic E-state index is 5.31. The highest BCUT2D eigenvalue weighted by Gasteiger charge is 2.32. The summed E-state index contributed by atoms with van der Waals surface area (Å²) in [5.41, 5.74) is 0.475. The molecular formula is C17H36N2O. The van der Waals surface area contributed by atoms with E-state index >= 15 is 0 Å². The molecule has 0 saturated heterocycles. The van der Waals surface area contributed by atoms with Gasteiger partial charge in [0.1, 0.15) is 0 Å². The number of nitrogens with one attached hydrogen (secondary N) is 1. The van der Waals surface area contributed by atoms with Crippen molar-refractivity contribution >= 4 is 0 Å². The first-order valence-electron chi connectivity index (χ1n) is 8.53. The van der Waals surface area contributed by atoms with E-state index in [1.54, 1.807) is 7.11 Å². The molecule has 1 aliphatic rings. The second kappa shape index (κ2) is 9.75. The monoisotopic (exact) mass is 284 g/mol. The Morgan fingerprint density at radius 1 is 1.20 bits per heavy atom. The molecule has 1 rings (SSSR count). The molecule has 0 heterocycles. The van der Waals surface area contributed by atoms with Gasteiger partial charge in [-0.05, 0) is 45.2 Å². The molecule has 0 aromatic carbocycles. The van der Waals surface area contributed by atoms with Crippen molar-refractivity contribution in [2.75, 3.05) is 40.4 Å². The molecule has 1 fully saturated rings. The molecule has 0 bridgehead atoms. The molecule has 0 radical (unpaired) electrons. The largest absolute Gasteiger partial charge is 0.383 e.